The molecule has 0 saturated carbocycles. The predicted octanol–water partition coefficient (Wildman–Crippen LogP) is 4.35. The fourth-order valence-electron chi connectivity index (χ4n) is 3.22. The van der Waals surface area contributed by atoms with Crippen molar-refractivity contribution in [1.82, 2.24) is 19.6 Å². The number of aromatic nitrogens is 4. The van der Waals surface area contributed by atoms with Crippen LogP contribution in [0.25, 0.3) is 16.6 Å². The van der Waals surface area contributed by atoms with Gasteiger partial charge in [-0.2, -0.15) is 10.2 Å². The lowest BCUT2D eigenvalue weighted by molar-refractivity contribution is 0.571. The summed E-state index contributed by atoms with van der Waals surface area (Å²) in [5.74, 6) is -0.471. The number of hydrogen-bond donors (Lipinski definition) is 0. The molecule has 0 aliphatic rings. The van der Waals surface area contributed by atoms with Crippen molar-refractivity contribution in [2.75, 3.05) is 0 Å². The van der Waals surface area contributed by atoms with Gasteiger partial charge in [0.2, 0.25) is 0 Å². The van der Waals surface area contributed by atoms with Gasteiger partial charge in [-0.05, 0) is 56.2 Å². The molecule has 0 fully saturated rings. The molecule has 0 aliphatic carbocycles. The molecule has 0 saturated heterocycles. The SMILES string of the molecule is Cc1ccc(-n2ncc3c(C)nn(Cc4c(F)cccc4Cl)c(=O)c32)cc1C. The van der Waals surface area contributed by atoms with Gasteiger partial charge in [-0.1, -0.05) is 23.7 Å². The average molecular weight is 397 g/mol. The molecule has 0 unspecified atom stereocenters. The van der Waals surface area contributed by atoms with Gasteiger partial charge in [0, 0.05) is 16.0 Å². The first-order valence-corrected chi connectivity index (χ1v) is 9.20. The molecule has 4 aromatic rings. The second-order valence-electron chi connectivity index (χ2n) is 6.84. The molecule has 0 aliphatic heterocycles. The summed E-state index contributed by atoms with van der Waals surface area (Å²) in [5, 5.41) is 9.67. The van der Waals surface area contributed by atoms with Crippen LogP contribution in [0.3, 0.4) is 0 Å². The summed E-state index contributed by atoms with van der Waals surface area (Å²) in [5.41, 5.74) is 3.97. The van der Waals surface area contributed by atoms with Crippen molar-refractivity contribution in [1.29, 1.82) is 0 Å². The zero-order valence-electron chi connectivity index (χ0n) is 15.7. The normalized spacial score (nSPS) is 11.3. The van der Waals surface area contributed by atoms with E-state index in [1.54, 1.807) is 23.9 Å². The largest absolute Gasteiger partial charge is 0.293 e. The zero-order valence-corrected chi connectivity index (χ0v) is 16.5. The minimum absolute atomic E-state index is 0.0563. The summed E-state index contributed by atoms with van der Waals surface area (Å²) in [6.07, 6.45) is 1.63. The Balaban J connectivity index is 1.92. The second kappa shape index (κ2) is 6.87. The molecule has 0 spiro atoms. The van der Waals surface area contributed by atoms with Gasteiger partial charge in [0.1, 0.15) is 11.3 Å². The van der Waals surface area contributed by atoms with E-state index in [2.05, 4.69) is 10.2 Å². The maximum Gasteiger partial charge on any atom is 0.293 e. The Hall–Kier alpha value is -2.99. The Kier molecular flexibility index (Phi) is 4.51. The van der Waals surface area contributed by atoms with E-state index in [0.717, 1.165) is 16.8 Å². The Morgan fingerprint density at radius 2 is 1.89 bits per heavy atom. The monoisotopic (exact) mass is 396 g/mol. The fraction of sp³-hybridized carbons (Fsp3) is 0.190. The van der Waals surface area contributed by atoms with Crippen LogP contribution in [0.1, 0.15) is 22.4 Å². The van der Waals surface area contributed by atoms with Crippen molar-refractivity contribution in [2.45, 2.75) is 27.3 Å². The molecule has 2 aromatic carbocycles. The highest BCUT2D eigenvalue weighted by Gasteiger charge is 2.17. The molecule has 0 amide bonds. The molecular formula is C21H18ClFN4O. The van der Waals surface area contributed by atoms with Crippen molar-refractivity contribution >= 4 is 22.5 Å². The van der Waals surface area contributed by atoms with Crippen LogP contribution in [-0.2, 0) is 6.54 Å². The number of aryl methyl sites for hydroxylation is 3. The number of hydrogen-bond acceptors (Lipinski definition) is 3. The van der Waals surface area contributed by atoms with Gasteiger partial charge < -0.3 is 0 Å². The molecule has 0 radical (unpaired) electrons. The van der Waals surface area contributed by atoms with Crippen LogP contribution in [0, 0.1) is 26.6 Å². The Morgan fingerprint density at radius 1 is 1.11 bits per heavy atom. The standard InChI is InChI=1S/C21H18ClFN4O/c1-12-7-8-15(9-13(12)2)27-20-16(10-24-27)14(3)25-26(21(20)28)11-17-18(22)5-4-6-19(17)23/h4-10H,11H2,1-3H3. The third-order valence-corrected chi connectivity index (χ3v) is 5.33. The topological polar surface area (TPSA) is 52.7 Å². The van der Waals surface area contributed by atoms with Crippen LogP contribution in [-0.4, -0.2) is 19.6 Å². The van der Waals surface area contributed by atoms with Gasteiger partial charge in [0.25, 0.3) is 5.56 Å². The minimum Gasteiger partial charge on any atom is -0.265 e. The molecular weight excluding hydrogens is 379 g/mol. The highest BCUT2D eigenvalue weighted by molar-refractivity contribution is 6.31. The fourth-order valence-corrected chi connectivity index (χ4v) is 3.44. The third-order valence-electron chi connectivity index (χ3n) is 4.97. The average Bonchev–Trinajstić information content (AvgIpc) is 3.10. The predicted molar refractivity (Wildman–Crippen MR) is 108 cm³/mol. The summed E-state index contributed by atoms with van der Waals surface area (Å²) in [6, 6.07) is 10.3. The lowest BCUT2D eigenvalue weighted by Crippen LogP contribution is -2.26. The maximum atomic E-state index is 14.2. The summed E-state index contributed by atoms with van der Waals surface area (Å²) in [4.78, 5) is 13.2. The molecule has 28 heavy (non-hydrogen) atoms. The lowest BCUT2D eigenvalue weighted by atomic mass is 10.1. The van der Waals surface area contributed by atoms with Gasteiger partial charge in [0.15, 0.2) is 0 Å². The van der Waals surface area contributed by atoms with Gasteiger partial charge >= 0.3 is 0 Å². The first-order chi connectivity index (χ1) is 13.4. The van der Waals surface area contributed by atoms with Crippen LogP contribution >= 0.6 is 11.6 Å². The van der Waals surface area contributed by atoms with Crippen LogP contribution in [0.5, 0.6) is 0 Å². The van der Waals surface area contributed by atoms with Crippen molar-refractivity contribution in [2.24, 2.45) is 0 Å². The Bertz CT molecular complexity index is 1260. The molecule has 0 N–H and O–H groups in total. The Labute approximate surface area is 166 Å². The number of halogens is 2. The molecule has 142 valence electrons. The Morgan fingerprint density at radius 3 is 2.61 bits per heavy atom. The molecule has 5 nitrogen and oxygen atoms in total. The zero-order chi connectivity index (χ0) is 20.0. The molecule has 2 aromatic heterocycles. The van der Waals surface area contributed by atoms with Gasteiger partial charge in [-0.15, -0.1) is 0 Å². The number of nitrogens with zero attached hydrogens (tertiary/aromatic N) is 4. The van der Waals surface area contributed by atoms with Crippen LogP contribution in [0.15, 0.2) is 47.4 Å². The second-order valence-corrected chi connectivity index (χ2v) is 7.24. The molecule has 2 heterocycles. The lowest BCUT2D eigenvalue weighted by Gasteiger charge is -2.11. The van der Waals surface area contributed by atoms with Crippen LogP contribution in [0.4, 0.5) is 4.39 Å². The van der Waals surface area contributed by atoms with E-state index < -0.39 is 5.82 Å². The first kappa shape index (κ1) is 18.4. The van der Waals surface area contributed by atoms with E-state index in [9.17, 15) is 9.18 Å². The highest BCUT2D eigenvalue weighted by Crippen LogP contribution is 2.22. The van der Waals surface area contributed by atoms with E-state index in [4.69, 9.17) is 11.6 Å². The van der Waals surface area contributed by atoms with Crippen molar-refractivity contribution < 1.29 is 4.39 Å². The van der Waals surface area contributed by atoms with E-state index in [1.165, 1.54) is 16.8 Å². The van der Waals surface area contributed by atoms with E-state index in [1.807, 2.05) is 32.0 Å². The van der Waals surface area contributed by atoms with Crippen molar-refractivity contribution in [3.8, 4) is 5.69 Å². The number of rotatable bonds is 3. The molecule has 0 bridgehead atoms. The third kappa shape index (κ3) is 2.99. The smallest absolute Gasteiger partial charge is 0.265 e. The number of benzene rings is 2. The van der Waals surface area contributed by atoms with Crippen LogP contribution < -0.4 is 5.56 Å². The van der Waals surface area contributed by atoms with Crippen molar-refractivity contribution in [3.05, 3.63) is 86.2 Å². The van der Waals surface area contributed by atoms with Crippen molar-refractivity contribution in [3.63, 3.8) is 0 Å². The van der Waals surface area contributed by atoms with Gasteiger partial charge in [-0.3, -0.25) is 4.79 Å². The summed E-state index contributed by atoms with van der Waals surface area (Å²) in [6.45, 7) is 5.78. The van der Waals surface area contributed by atoms with E-state index in [-0.39, 0.29) is 22.7 Å². The minimum atomic E-state index is -0.471. The van der Waals surface area contributed by atoms with E-state index in [0.29, 0.717) is 16.6 Å². The number of fused-ring (bicyclic) bond motifs is 1. The quantitative estimate of drug-likeness (QED) is 0.517. The summed E-state index contributed by atoms with van der Waals surface area (Å²) >= 11 is 6.13. The summed E-state index contributed by atoms with van der Waals surface area (Å²) < 4.78 is 17.1. The highest BCUT2D eigenvalue weighted by atomic mass is 35.5. The maximum absolute atomic E-state index is 14.2. The molecule has 4 rings (SSSR count). The summed E-state index contributed by atoms with van der Waals surface area (Å²) in [7, 11) is 0. The first-order valence-electron chi connectivity index (χ1n) is 8.83. The van der Waals surface area contributed by atoms with Gasteiger partial charge in [-0.25, -0.2) is 13.8 Å². The van der Waals surface area contributed by atoms with E-state index >= 15 is 0 Å². The molecule has 0 atom stereocenters. The van der Waals surface area contributed by atoms with Crippen LogP contribution in [0.2, 0.25) is 5.02 Å². The molecule has 7 heteroatoms. The van der Waals surface area contributed by atoms with Gasteiger partial charge in [0.05, 0.1) is 24.1 Å².